The van der Waals surface area contributed by atoms with Crippen LogP contribution in [0.1, 0.15) is 17.3 Å². The van der Waals surface area contributed by atoms with E-state index in [0.29, 0.717) is 5.69 Å². The SMILES string of the molecule is CCSc1cccc(NCC(O)COC)c1C(=O)O. The largest absolute Gasteiger partial charge is 0.478 e. The first-order valence-electron chi connectivity index (χ1n) is 6.00. The third-order valence-corrected chi connectivity index (χ3v) is 3.37. The number of rotatable bonds is 8. The van der Waals surface area contributed by atoms with E-state index in [0.717, 1.165) is 10.6 Å². The molecule has 1 rings (SSSR count). The Morgan fingerprint density at radius 1 is 1.53 bits per heavy atom. The number of hydrogen-bond acceptors (Lipinski definition) is 5. The summed E-state index contributed by atoms with van der Waals surface area (Å²) in [4.78, 5) is 12.1. The van der Waals surface area contributed by atoms with Crippen LogP contribution in [-0.4, -0.2) is 48.3 Å². The van der Waals surface area contributed by atoms with Crippen molar-refractivity contribution in [2.75, 3.05) is 31.3 Å². The maximum absolute atomic E-state index is 11.3. The van der Waals surface area contributed by atoms with Crippen LogP contribution in [0.4, 0.5) is 5.69 Å². The van der Waals surface area contributed by atoms with Crippen LogP contribution in [0.3, 0.4) is 0 Å². The average molecular weight is 285 g/mol. The number of hydrogen-bond donors (Lipinski definition) is 3. The summed E-state index contributed by atoms with van der Waals surface area (Å²) in [5, 5.41) is 21.8. The lowest BCUT2D eigenvalue weighted by molar-refractivity contribution is 0.0690. The van der Waals surface area contributed by atoms with Crippen molar-refractivity contribution in [1.82, 2.24) is 0 Å². The van der Waals surface area contributed by atoms with Crippen LogP contribution in [0.2, 0.25) is 0 Å². The Balaban J connectivity index is 2.87. The van der Waals surface area contributed by atoms with Gasteiger partial charge in [0.1, 0.15) is 0 Å². The third kappa shape index (κ3) is 4.74. The Morgan fingerprint density at radius 3 is 2.84 bits per heavy atom. The minimum Gasteiger partial charge on any atom is -0.478 e. The highest BCUT2D eigenvalue weighted by atomic mass is 32.2. The fourth-order valence-electron chi connectivity index (χ4n) is 1.65. The minimum atomic E-state index is -0.972. The van der Waals surface area contributed by atoms with Gasteiger partial charge in [0.2, 0.25) is 0 Å². The van der Waals surface area contributed by atoms with Crippen molar-refractivity contribution >= 4 is 23.4 Å². The molecule has 0 aliphatic heterocycles. The molecule has 106 valence electrons. The smallest absolute Gasteiger partial charge is 0.338 e. The number of carboxylic acids is 1. The molecule has 1 atom stereocenters. The van der Waals surface area contributed by atoms with Gasteiger partial charge in [0.05, 0.1) is 18.3 Å². The van der Waals surface area contributed by atoms with Gasteiger partial charge in [0, 0.05) is 24.2 Å². The van der Waals surface area contributed by atoms with Crippen molar-refractivity contribution in [2.45, 2.75) is 17.9 Å². The molecule has 0 aliphatic rings. The molecule has 5 nitrogen and oxygen atoms in total. The number of aromatic carboxylic acids is 1. The van der Waals surface area contributed by atoms with E-state index >= 15 is 0 Å². The van der Waals surface area contributed by atoms with E-state index < -0.39 is 12.1 Å². The van der Waals surface area contributed by atoms with Crippen LogP contribution < -0.4 is 5.32 Å². The summed E-state index contributed by atoms with van der Waals surface area (Å²) in [7, 11) is 1.50. The molecule has 0 fully saturated rings. The van der Waals surface area contributed by atoms with Gasteiger partial charge in [-0.3, -0.25) is 0 Å². The quantitative estimate of drug-likeness (QED) is 0.633. The molecule has 0 spiro atoms. The summed E-state index contributed by atoms with van der Waals surface area (Å²) in [6.07, 6.45) is -0.672. The van der Waals surface area contributed by atoms with Gasteiger partial charge in [-0.15, -0.1) is 11.8 Å². The van der Waals surface area contributed by atoms with Crippen molar-refractivity contribution in [2.24, 2.45) is 0 Å². The van der Waals surface area contributed by atoms with Crippen molar-refractivity contribution in [3.05, 3.63) is 23.8 Å². The number of nitrogens with one attached hydrogen (secondary N) is 1. The second-order valence-corrected chi connectivity index (χ2v) is 5.21. The van der Waals surface area contributed by atoms with Crippen LogP contribution in [0.15, 0.2) is 23.1 Å². The zero-order valence-corrected chi connectivity index (χ0v) is 11.9. The van der Waals surface area contributed by atoms with Gasteiger partial charge in [-0.1, -0.05) is 13.0 Å². The number of carbonyl (C=O) groups is 1. The van der Waals surface area contributed by atoms with Gasteiger partial charge in [-0.2, -0.15) is 0 Å². The topological polar surface area (TPSA) is 78.8 Å². The number of anilines is 1. The summed E-state index contributed by atoms with van der Waals surface area (Å²) >= 11 is 1.48. The molecule has 0 aliphatic carbocycles. The van der Waals surface area contributed by atoms with Gasteiger partial charge in [0.25, 0.3) is 0 Å². The molecule has 0 heterocycles. The Kier molecular flexibility index (Phi) is 6.69. The summed E-state index contributed by atoms with van der Waals surface area (Å²) < 4.78 is 4.82. The summed E-state index contributed by atoms with van der Waals surface area (Å²) in [5.74, 6) is -0.170. The van der Waals surface area contributed by atoms with Crippen molar-refractivity contribution < 1.29 is 19.7 Å². The van der Waals surface area contributed by atoms with E-state index in [4.69, 9.17) is 4.74 Å². The van der Waals surface area contributed by atoms with E-state index in [2.05, 4.69) is 5.32 Å². The molecule has 0 bridgehead atoms. The van der Waals surface area contributed by atoms with Crippen LogP contribution in [-0.2, 0) is 4.74 Å². The normalized spacial score (nSPS) is 12.2. The lowest BCUT2D eigenvalue weighted by atomic mass is 10.1. The van der Waals surface area contributed by atoms with Crippen LogP contribution in [0.25, 0.3) is 0 Å². The van der Waals surface area contributed by atoms with Crippen LogP contribution in [0, 0.1) is 0 Å². The zero-order valence-electron chi connectivity index (χ0n) is 11.0. The van der Waals surface area contributed by atoms with Crippen molar-refractivity contribution in [3.63, 3.8) is 0 Å². The summed E-state index contributed by atoms with van der Waals surface area (Å²) in [6, 6.07) is 5.28. The number of thioether (sulfide) groups is 1. The fraction of sp³-hybridized carbons (Fsp3) is 0.462. The molecular weight excluding hydrogens is 266 g/mol. The lowest BCUT2D eigenvalue weighted by Crippen LogP contribution is -2.25. The van der Waals surface area contributed by atoms with Gasteiger partial charge in [-0.25, -0.2) is 4.79 Å². The predicted molar refractivity (Wildman–Crippen MR) is 76.2 cm³/mol. The molecular formula is C13H19NO4S. The second-order valence-electron chi connectivity index (χ2n) is 3.91. The molecule has 1 aromatic carbocycles. The molecule has 0 saturated heterocycles. The summed E-state index contributed by atoms with van der Waals surface area (Å²) in [6.45, 7) is 2.42. The first kappa shape index (κ1) is 15.8. The maximum atomic E-state index is 11.3. The standard InChI is InChI=1S/C13H19NO4S/c1-3-19-11-6-4-5-10(12(11)13(16)17)14-7-9(15)8-18-2/h4-6,9,14-15H,3,7-8H2,1-2H3,(H,16,17). The van der Waals surface area contributed by atoms with Gasteiger partial charge < -0.3 is 20.3 Å². The number of aliphatic hydroxyl groups is 1. The van der Waals surface area contributed by atoms with Crippen molar-refractivity contribution in [1.29, 1.82) is 0 Å². The summed E-state index contributed by atoms with van der Waals surface area (Å²) in [5.41, 5.74) is 0.764. The van der Waals surface area contributed by atoms with Crippen molar-refractivity contribution in [3.8, 4) is 0 Å². The Hall–Kier alpha value is -1.24. The molecule has 19 heavy (non-hydrogen) atoms. The zero-order chi connectivity index (χ0) is 14.3. The lowest BCUT2D eigenvalue weighted by Gasteiger charge is -2.15. The van der Waals surface area contributed by atoms with Gasteiger partial charge in [-0.05, 0) is 17.9 Å². The first-order chi connectivity index (χ1) is 9.10. The van der Waals surface area contributed by atoms with E-state index in [1.807, 2.05) is 6.92 Å². The third-order valence-electron chi connectivity index (χ3n) is 2.43. The minimum absolute atomic E-state index is 0.207. The van der Waals surface area contributed by atoms with Gasteiger partial charge in [0.15, 0.2) is 0 Å². The number of carboxylic acid groups (broad SMARTS) is 1. The maximum Gasteiger partial charge on any atom is 0.338 e. The van der Waals surface area contributed by atoms with Gasteiger partial charge >= 0.3 is 5.97 Å². The Bertz CT molecular complexity index is 425. The first-order valence-corrected chi connectivity index (χ1v) is 6.98. The Labute approximate surface area is 117 Å². The van der Waals surface area contributed by atoms with Crippen LogP contribution in [0.5, 0.6) is 0 Å². The highest BCUT2D eigenvalue weighted by Crippen LogP contribution is 2.28. The molecule has 0 amide bonds. The van der Waals surface area contributed by atoms with Crippen LogP contribution >= 0.6 is 11.8 Å². The monoisotopic (exact) mass is 285 g/mol. The molecule has 6 heteroatoms. The number of ether oxygens (including phenoxy) is 1. The molecule has 0 aromatic heterocycles. The predicted octanol–water partition coefficient (Wildman–Crippen LogP) is 1.92. The molecule has 3 N–H and O–H groups in total. The fourth-order valence-corrected chi connectivity index (χ4v) is 2.48. The van der Waals surface area contributed by atoms with E-state index in [1.54, 1.807) is 18.2 Å². The van der Waals surface area contributed by atoms with E-state index in [-0.39, 0.29) is 18.7 Å². The number of benzene rings is 1. The molecule has 1 aromatic rings. The average Bonchev–Trinajstić information content (AvgIpc) is 2.37. The highest BCUT2D eigenvalue weighted by Gasteiger charge is 2.16. The molecule has 0 saturated carbocycles. The molecule has 0 radical (unpaired) electrons. The van der Waals surface area contributed by atoms with E-state index in [1.165, 1.54) is 18.9 Å². The molecule has 1 unspecified atom stereocenters. The highest BCUT2D eigenvalue weighted by molar-refractivity contribution is 7.99. The van der Waals surface area contributed by atoms with E-state index in [9.17, 15) is 15.0 Å². The Morgan fingerprint density at radius 2 is 2.26 bits per heavy atom. The number of aliphatic hydroxyl groups excluding tert-OH is 1. The number of methoxy groups -OCH3 is 1. The second kappa shape index (κ2) is 8.04.